The normalized spacial score (nSPS) is 12.9. The number of thioether (sulfide) groups is 1. The van der Waals surface area contributed by atoms with Gasteiger partial charge in [0.05, 0.1) is 0 Å². The molecule has 2 heteroatoms. The highest BCUT2D eigenvalue weighted by Crippen LogP contribution is 2.20. The highest BCUT2D eigenvalue weighted by atomic mass is 32.2. The Labute approximate surface area is 117 Å². The van der Waals surface area contributed by atoms with Crippen molar-refractivity contribution in [3.63, 3.8) is 0 Å². The fourth-order valence-electron chi connectivity index (χ4n) is 1.97. The maximum absolute atomic E-state index is 3.42. The van der Waals surface area contributed by atoms with Crippen LogP contribution in [-0.4, -0.2) is 18.6 Å². The minimum atomic E-state index is 0.476. The highest BCUT2D eigenvalue weighted by Gasteiger charge is 2.09. The van der Waals surface area contributed by atoms with Gasteiger partial charge >= 0.3 is 0 Å². The molecule has 1 aromatic carbocycles. The van der Waals surface area contributed by atoms with Crippen molar-refractivity contribution in [2.75, 3.05) is 18.6 Å². The minimum absolute atomic E-state index is 0.476. The smallest absolute Gasteiger partial charge is 0.0409 e. The molecule has 18 heavy (non-hydrogen) atoms. The van der Waals surface area contributed by atoms with E-state index in [1.165, 1.54) is 29.7 Å². The van der Waals surface area contributed by atoms with Crippen LogP contribution in [0.1, 0.15) is 44.4 Å². The highest BCUT2D eigenvalue weighted by molar-refractivity contribution is 7.99. The first kappa shape index (κ1) is 15.6. The summed E-state index contributed by atoms with van der Waals surface area (Å²) in [4.78, 5) is 0. The first-order valence-electron chi connectivity index (χ1n) is 7.01. The second-order valence-electron chi connectivity index (χ2n) is 5.26. The molecule has 0 heterocycles. The van der Waals surface area contributed by atoms with Crippen molar-refractivity contribution < 1.29 is 0 Å². The monoisotopic (exact) mass is 265 g/mol. The van der Waals surface area contributed by atoms with Gasteiger partial charge in [-0.05, 0) is 36.3 Å². The van der Waals surface area contributed by atoms with Crippen LogP contribution >= 0.6 is 11.8 Å². The Balaban J connectivity index is 2.53. The van der Waals surface area contributed by atoms with Crippen molar-refractivity contribution in [2.24, 2.45) is 5.92 Å². The van der Waals surface area contributed by atoms with E-state index in [9.17, 15) is 0 Å². The van der Waals surface area contributed by atoms with Crippen molar-refractivity contribution >= 4 is 11.8 Å². The molecule has 1 rings (SSSR count). The fourth-order valence-corrected chi connectivity index (χ4v) is 3.18. The van der Waals surface area contributed by atoms with Crippen molar-refractivity contribution in [1.82, 2.24) is 5.32 Å². The summed E-state index contributed by atoms with van der Waals surface area (Å²) in [6.45, 7) is 6.79. The number of hydrogen-bond acceptors (Lipinski definition) is 2. The summed E-state index contributed by atoms with van der Waals surface area (Å²) in [7, 11) is 2.06. The van der Waals surface area contributed by atoms with Crippen molar-refractivity contribution in [3.8, 4) is 0 Å². The zero-order valence-electron chi connectivity index (χ0n) is 12.2. The summed E-state index contributed by atoms with van der Waals surface area (Å²) in [6.07, 6.45) is 2.41. The first-order valence-corrected chi connectivity index (χ1v) is 8.16. The number of benzene rings is 1. The Hall–Kier alpha value is -0.470. The van der Waals surface area contributed by atoms with Gasteiger partial charge in [-0.1, -0.05) is 51.5 Å². The minimum Gasteiger partial charge on any atom is -0.312 e. The van der Waals surface area contributed by atoms with E-state index in [2.05, 4.69) is 57.4 Å². The molecule has 0 aromatic heterocycles. The fraction of sp³-hybridized carbons (Fsp3) is 0.625. The van der Waals surface area contributed by atoms with Crippen LogP contribution in [-0.2, 0) is 6.42 Å². The number of nitrogens with one attached hydrogen (secondary N) is 1. The molecule has 0 bridgehead atoms. The quantitative estimate of drug-likeness (QED) is 0.752. The van der Waals surface area contributed by atoms with E-state index in [0.717, 1.165) is 11.7 Å². The second kappa shape index (κ2) is 8.60. The van der Waals surface area contributed by atoms with Gasteiger partial charge in [0, 0.05) is 11.8 Å². The Morgan fingerprint density at radius 1 is 1.11 bits per heavy atom. The lowest BCUT2D eigenvalue weighted by Crippen LogP contribution is -2.19. The van der Waals surface area contributed by atoms with E-state index in [-0.39, 0.29) is 0 Å². The van der Waals surface area contributed by atoms with E-state index in [0.29, 0.717) is 6.04 Å². The van der Waals surface area contributed by atoms with E-state index < -0.39 is 0 Å². The van der Waals surface area contributed by atoms with Crippen LogP contribution in [0.4, 0.5) is 0 Å². The Morgan fingerprint density at radius 2 is 1.78 bits per heavy atom. The van der Waals surface area contributed by atoms with E-state index in [1.807, 2.05) is 11.8 Å². The molecule has 1 N–H and O–H groups in total. The summed E-state index contributed by atoms with van der Waals surface area (Å²) in [5.41, 5.74) is 2.86. The number of hydrogen-bond donors (Lipinski definition) is 1. The molecule has 102 valence electrons. The van der Waals surface area contributed by atoms with Gasteiger partial charge < -0.3 is 5.32 Å². The van der Waals surface area contributed by atoms with Crippen molar-refractivity contribution in [3.05, 3.63) is 35.4 Å². The van der Waals surface area contributed by atoms with E-state index >= 15 is 0 Å². The van der Waals surface area contributed by atoms with Crippen LogP contribution in [0.15, 0.2) is 24.3 Å². The molecule has 0 radical (unpaired) electrons. The summed E-state index contributed by atoms with van der Waals surface area (Å²) in [6, 6.07) is 9.58. The molecular formula is C16H27NS. The van der Waals surface area contributed by atoms with Gasteiger partial charge in [0.1, 0.15) is 0 Å². The summed E-state index contributed by atoms with van der Waals surface area (Å²) >= 11 is 2.04. The van der Waals surface area contributed by atoms with Gasteiger partial charge in [0.15, 0.2) is 0 Å². The van der Waals surface area contributed by atoms with Gasteiger partial charge in [0.25, 0.3) is 0 Å². The number of aryl methyl sites for hydroxylation is 1. The summed E-state index contributed by atoms with van der Waals surface area (Å²) < 4.78 is 0. The van der Waals surface area contributed by atoms with Gasteiger partial charge in [-0.2, -0.15) is 11.8 Å². The van der Waals surface area contributed by atoms with Gasteiger partial charge in [0.2, 0.25) is 0 Å². The van der Waals surface area contributed by atoms with Crippen LogP contribution in [0.3, 0.4) is 0 Å². The third kappa shape index (κ3) is 5.45. The number of rotatable bonds is 8. The SMILES string of the molecule is CCCc1ccc(C(CSCC(C)C)NC)cc1. The molecule has 0 spiro atoms. The molecule has 0 aliphatic heterocycles. The van der Waals surface area contributed by atoms with Crippen LogP contribution in [0, 0.1) is 5.92 Å². The molecule has 0 saturated carbocycles. The Morgan fingerprint density at radius 3 is 2.28 bits per heavy atom. The molecule has 1 aromatic rings. The van der Waals surface area contributed by atoms with Crippen LogP contribution in [0.25, 0.3) is 0 Å². The predicted molar refractivity (Wildman–Crippen MR) is 84.4 cm³/mol. The largest absolute Gasteiger partial charge is 0.312 e. The molecule has 0 aliphatic rings. The Bertz CT molecular complexity index is 318. The van der Waals surface area contributed by atoms with Crippen molar-refractivity contribution in [1.29, 1.82) is 0 Å². The average Bonchev–Trinajstić information content (AvgIpc) is 2.36. The lowest BCUT2D eigenvalue weighted by Gasteiger charge is -2.17. The molecule has 0 aliphatic carbocycles. The summed E-state index contributed by atoms with van der Waals surface area (Å²) in [5, 5.41) is 3.42. The third-order valence-electron chi connectivity index (χ3n) is 3.00. The van der Waals surface area contributed by atoms with Crippen molar-refractivity contribution in [2.45, 2.75) is 39.7 Å². The molecule has 0 fully saturated rings. The zero-order chi connectivity index (χ0) is 13.4. The average molecular weight is 265 g/mol. The molecule has 1 unspecified atom stereocenters. The lowest BCUT2D eigenvalue weighted by molar-refractivity contribution is 0.659. The van der Waals surface area contributed by atoms with Crippen LogP contribution in [0.5, 0.6) is 0 Å². The topological polar surface area (TPSA) is 12.0 Å². The van der Waals surface area contributed by atoms with E-state index in [4.69, 9.17) is 0 Å². The molecule has 1 atom stereocenters. The molecular weight excluding hydrogens is 238 g/mol. The Kier molecular flexibility index (Phi) is 7.45. The molecule has 0 amide bonds. The summed E-state index contributed by atoms with van der Waals surface area (Å²) in [5.74, 6) is 3.17. The standard InChI is InChI=1S/C16H27NS/c1-5-6-14-7-9-15(10-8-14)16(17-4)12-18-11-13(2)3/h7-10,13,16-17H,5-6,11-12H2,1-4H3. The lowest BCUT2D eigenvalue weighted by atomic mass is 10.0. The van der Waals surface area contributed by atoms with E-state index in [1.54, 1.807) is 0 Å². The molecule has 1 nitrogen and oxygen atoms in total. The zero-order valence-corrected chi connectivity index (χ0v) is 13.0. The van der Waals surface area contributed by atoms with Gasteiger partial charge in [-0.3, -0.25) is 0 Å². The van der Waals surface area contributed by atoms with Crippen LogP contribution < -0.4 is 5.32 Å². The maximum Gasteiger partial charge on any atom is 0.0409 e. The molecule has 0 saturated heterocycles. The van der Waals surface area contributed by atoms with Gasteiger partial charge in [-0.15, -0.1) is 0 Å². The van der Waals surface area contributed by atoms with Gasteiger partial charge in [-0.25, -0.2) is 0 Å². The van der Waals surface area contributed by atoms with Crippen LogP contribution in [0.2, 0.25) is 0 Å². The maximum atomic E-state index is 3.42. The first-order chi connectivity index (χ1) is 8.67. The third-order valence-corrected chi connectivity index (χ3v) is 4.48. The predicted octanol–water partition coefficient (Wildman–Crippen LogP) is 4.29. The second-order valence-corrected chi connectivity index (χ2v) is 6.34.